The molecule has 1 aromatic heterocycles. The fourth-order valence-electron chi connectivity index (χ4n) is 2.24. The first-order valence-corrected chi connectivity index (χ1v) is 6.63. The standard InChI is InChI=1S/C15H19F2NO/c1-4-18-8-13-10(7-9(2)3)14-11(16)5-6-12(17)15(14)19-13/h5-6,9,18H,4,7-8H2,1-3H3. The average Bonchev–Trinajstić information content (AvgIpc) is 2.71. The number of furan rings is 1. The Labute approximate surface area is 111 Å². The molecule has 0 saturated heterocycles. The number of hydrogen-bond acceptors (Lipinski definition) is 2. The van der Waals surface area contributed by atoms with E-state index in [4.69, 9.17) is 4.42 Å². The van der Waals surface area contributed by atoms with Crippen molar-refractivity contribution in [1.82, 2.24) is 5.32 Å². The highest BCUT2D eigenvalue weighted by molar-refractivity contribution is 5.83. The van der Waals surface area contributed by atoms with Gasteiger partial charge in [-0.2, -0.15) is 0 Å². The Balaban J connectivity index is 2.59. The summed E-state index contributed by atoms with van der Waals surface area (Å²) in [5.74, 6) is 0.0566. The molecule has 2 rings (SSSR count). The first-order chi connectivity index (χ1) is 9.04. The summed E-state index contributed by atoms with van der Waals surface area (Å²) in [6.07, 6.45) is 0.675. The van der Waals surface area contributed by atoms with E-state index >= 15 is 0 Å². The lowest BCUT2D eigenvalue weighted by atomic mass is 9.99. The van der Waals surface area contributed by atoms with Crippen LogP contribution < -0.4 is 5.32 Å². The molecular formula is C15H19F2NO. The zero-order valence-electron chi connectivity index (χ0n) is 11.5. The molecule has 1 heterocycles. The van der Waals surface area contributed by atoms with E-state index in [9.17, 15) is 8.78 Å². The summed E-state index contributed by atoms with van der Waals surface area (Å²) >= 11 is 0. The SMILES string of the molecule is CCNCc1oc2c(F)ccc(F)c2c1CC(C)C. The Morgan fingerprint density at radius 1 is 1.21 bits per heavy atom. The van der Waals surface area contributed by atoms with Crippen molar-refractivity contribution in [2.24, 2.45) is 5.92 Å². The highest BCUT2D eigenvalue weighted by Crippen LogP contribution is 2.32. The van der Waals surface area contributed by atoms with Crippen LogP contribution in [0.15, 0.2) is 16.5 Å². The molecule has 1 N–H and O–H groups in total. The summed E-state index contributed by atoms with van der Waals surface area (Å²) in [6.45, 7) is 7.35. The Kier molecular flexibility index (Phi) is 4.20. The topological polar surface area (TPSA) is 25.2 Å². The van der Waals surface area contributed by atoms with Crippen LogP contribution in [-0.4, -0.2) is 6.54 Å². The molecule has 0 bridgehead atoms. The normalized spacial score (nSPS) is 11.7. The van der Waals surface area contributed by atoms with Crippen molar-refractivity contribution >= 4 is 11.0 Å². The minimum atomic E-state index is -0.510. The maximum absolute atomic E-state index is 14.0. The van der Waals surface area contributed by atoms with Crippen LogP contribution in [0.5, 0.6) is 0 Å². The van der Waals surface area contributed by atoms with Gasteiger partial charge >= 0.3 is 0 Å². The molecule has 0 fully saturated rings. The predicted octanol–water partition coefficient (Wildman–Crippen LogP) is 4.02. The van der Waals surface area contributed by atoms with Crippen molar-refractivity contribution < 1.29 is 13.2 Å². The third-order valence-electron chi connectivity index (χ3n) is 3.07. The van der Waals surface area contributed by atoms with E-state index in [1.807, 2.05) is 20.8 Å². The van der Waals surface area contributed by atoms with Crippen LogP contribution >= 0.6 is 0 Å². The molecule has 0 aliphatic carbocycles. The lowest BCUT2D eigenvalue weighted by Crippen LogP contribution is -2.12. The lowest BCUT2D eigenvalue weighted by Gasteiger charge is -2.06. The molecular weight excluding hydrogens is 248 g/mol. The van der Waals surface area contributed by atoms with Gasteiger partial charge in [0.15, 0.2) is 11.4 Å². The van der Waals surface area contributed by atoms with Gasteiger partial charge in [0.05, 0.1) is 11.9 Å². The zero-order chi connectivity index (χ0) is 14.0. The Morgan fingerprint density at radius 2 is 1.89 bits per heavy atom. The summed E-state index contributed by atoms with van der Waals surface area (Å²) in [5.41, 5.74) is 0.812. The van der Waals surface area contributed by atoms with Gasteiger partial charge in [0, 0.05) is 5.56 Å². The second-order valence-corrected chi connectivity index (χ2v) is 5.12. The molecule has 0 atom stereocenters. The molecule has 0 aliphatic rings. The van der Waals surface area contributed by atoms with Crippen LogP contribution in [0, 0.1) is 17.6 Å². The molecule has 2 nitrogen and oxygen atoms in total. The molecule has 1 aromatic carbocycles. The number of rotatable bonds is 5. The van der Waals surface area contributed by atoms with E-state index in [1.165, 1.54) is 0 Å². The van der Waals surface area contributed by atoms with E-state index in [1.54, 1.807) is 0 Å². The third kappa shape index (κ3) is 2.78. The molecule has 104 valence electrons. The quantitative estimate of drug-likeness (QED) is 0.885. The van der Waals surface area contributed by atoms with Gasteiger partial charge in [-0.05, 0) is 31.0 Å². The maximum atomic E-state index is 14.0. The van der Waals surface area contributed by atoms with Crippen LogP contribution in [-0.2, 0) is 13.0 Å². The molecule has 0 radical (unpaired) electrons. The number of fused-ring (bicyclic) bond motifs is 1. The summed E-state index contributed by atoms with van der Waals surface area (Å²) < 4.78 is 33.2. The summed E-state index contributed by atoms with van der Waals surface area (Å²) in [7, 11) is 0. The number of halogens is 2. The highest BCUT2D eigenvalue weighted by atomic mass is 19.1. The van der Waals surface area contributed by atoms with Crippen LogP contribution in [0.2, 0.25) is 0 Å². The molecule has 0 aliphatic heterocycles. The van der Waals surface area contributed by atoms with Gasteiger partial charge in [0.25, 0.3) is 0 Å². The minimum Gasteiger partial charge on any atom is -0.456 e. The molecule has 0 unspecified atom stereocenters. The molecule has 0 spiro atoms. The second-order valence-electron chi connectivity index (χ2n) is 5.12. The van der Waals surface area contributed by atoms with Crippen molar-refractivity contribution in [3.05, 3.63) is 35.1 Å². The molecule has 0 amide bonds. The fraction of sp³-hybridized carbons (Fsp3) is 0.467. The van der Waals surface area contributed by atoms with Gasteiger partial charge in [-0.15, -0.1) is 0 Å². The maximum Gasteiger partial charge on any atom is 0.173 e. The van der Waals surface area contributed by atoms with Crippen molar-refractivity contribution in [2.75, 3.05) is 6.54 Å². The summed E-state index contributed by atoms with van der Waals surface area (Å²) in [5, 5.41) is 3.43. The number of benzene rings is 1. The van der Waals surface area contributed by atoms with E-state index in [0.717, 1.165) is 24.2 Å². The minimum absolute atomic E-state index is 0.0311. The Bertz CT molecular complexity index is 575. The smallest absolute Gasteiger partial charge is 0.173 e. The van der Waals surface area contributed by atoms with Crippen LogP contribution in [0.1, 0.15) is 32.1 Å². The zero-order valence-corrected chi connectivity index (χ0v) is 11.5. The first-order valence-electron chi connectivity index (χ1n) is 6.63. The van der Waals surface area contributed by atoms with E-state index in [0.29, 0.717) is 30.0 Å². The summed E-state index contributed by atoms with van der Waals surface area (Å²) in [4.78, 5) is 0. The molecule has 19 heavy (non-hydrogen) atoms. The van der Waals surface area contributed by atoms with E-state index in [2.05, 4.69) is 5.32 Å². The third-order valence-corrected chi connectivity index (χ3v) is 3.07. The molecule has 4 heteroatoms. The van der Waals surface area contributed by atoms with Crippen LogP contribution in [0.25, 0.3) is 11.0 Å². The largest absolute Gasteiger partial charge is 0.456 e. The van der Waals surface area contributed by atoms with Crippen molar-refractivity contribution in [3.63, 3.8) is 0 Å². The highest BCUT2D eigenvalue weighted by Gasteiger charge is 2.20. The monoisotopic (exact) mass is 267 g/mol. The van der Waals surface area contributed by atoms with E-state index < -0.39 is 11.6 Å². The van der Waals surface area contributed by atoms with E-state index in [-0.39, 0.29) is 5.58 Å². The second kappa shape index (κ2) is 5.70. The van der Waals surface area contributed by atoms with Gasteiger partial charge in [-0.1, -0.05) is 20.8 Å². The Hall–Kier alpha value is -1.42. The summed E-state index contributed by atoms with van der Waals surface area (Å²) in [6, 6.07) is 2.27. The van der Waals surface area contributed by atoms with Gasteiger partial charge in [-0.25, -0.2) is 8.78 Å². The van der Waals surface area contributed by atoms with Gasteiger partial charge in [0.1, 0.15) is 11.6 Å². The fourth-order valence-corrected chi connectivity index (χ4v) is 2.24. The Morgan fingerprint density at radius 3 is 2.53 bits per heavy atom. The average molecular weight is 267 g/mol. The van der Waals surface area contributed by atoms with Gasteiger partial charge in [0.2, 0.25) is 0 Å². The molecule has 2 aromatic rings. The molecule has 0 saturated carbocycles. The van der Waals surface area contributed by atoms with Crippen molar-refractivity contribution in [3.8, 4) is 0 Å². The number of hydrogen-bond donors (Lipinski definition) is 1. The first kappa shape index (κ1) is 14.0. The number of nitrogens with one attached hydrogen (secondary N) is 1. The van der Waals surface area contributed by atoms with Crippen molar-refractivity contribution in [1.29, 1.82) is 0 Å². The van der Waals surface area contributed by atoms with Crippen LogP contribution in [0.4, 0.5) is 8.78 Å². The predicted molar refractivity (Wildman–Crippen MR) is 72.1 cm³/mol. The van der Waals surface area contributed by atoms with Gasteiger partial charge < -0.3 is 9.73 Å². The van der Waals surface area contributed by atoms with Crippen LogP contribution in [0.3, 0.4) is 0 Å². The van der Waals surface area contributed by atoms with Crippen molar-refractivity contribution in [2.45, 2.75) is 33.7 Å². The lowest BCUT2D eigenvalue weighted by molar-refractivity contribution is 0.489. The van der Waals surface area contributed by atoms with Gasteiger partial charge in [-0.3, -0.25) is 0 Å².